The Labute approximate surface area is 186 Å². The van der Waals surface area contributed by atoms with E-state index in [4.69, 9.17) is 24.9 Å². The van der Waals surface area contributed by atoms with E-state index in [0.29, 0.717) is 18.2 Å². The predicted octanol–water partition coefficient (Wildman–Crippen LogP) is 2.69. The standard InChI is InChI=1S/C24H27FN4O3/c25-22-17(2-1-8-27-22)15-3-4-20-18(12-15)24(14-31-23(26)28-24)19-13-29(9-5-21(19)32-20)16-6-10-30-11-7-16/h1-4,8,12,16,19,21H,5-7,9-11,13-14H2,(H2,26,28)/t19-,21-,24+/m0/s1. The van der Waals surface area contributed by atoms with E-state index in [2.05, 4.69) is 9.88 Å². The number of hydrogen-bond acceptors (Lipinski definition) is 7. The number of amidine groups is 1. The van der Waals surface area contributed by atoms with Crippen molar-refractivity contribution in [1.82, 2.24) is 9.88 Å². The van der Waals surface area contributed by atoms with Gasteiger partial charge in [-0.25, -0.2) is 9.98 Å². The molecular formula is C24H27FN4O3. The molecule has 5 heterocycles. The molecule has 1 aromatic heterocycles. The molecule has 4 aliphatic rings. The summed E-state index contributed by atoms with van der Waals surface area (Å²) in [5.74, 6) is 0.382. The molecule has 168 valence electrons. The molecule has 7 nitrogen and oxygen atoms in total. The van der Waals surface area contributed by atoms with E-state index in [9.17, 15) is 4.39 Å². The number of halogens is 1. The van der Waals surface area contributed by atoms with E-state index in [0.717, 1.165) is 62.4 Å². The van der Waals surface area contributed by atoms with Crippen LogP contribution in [0.25, 0.3) is 11.1 Å². The third-order valence-corrected chi connectivity index (χ3v) is 7.45. The number of likely N-dealkylation sites (tertiary alicyclic amines) is 1. The molecule has 2 fully saturated rings. The van der Waals surface area contributed by atoms with Crippen LogP contribution in [-0.4, -0.2) is 61.0 Å². The number of nitrogens with two attached hydrogens (primary N) is 1. The van der Waals surface area contributed by atoms with Crippen LogP contribution in [0.5, 0.6) is 5.75 Å². The van der Waals surface area contributed by atoms with Gasteiger partial charge < -0.3 is 19.9 Å². The SMILES string of the molecule is NC1=N[C@]2(CO1)c1cc(-c3cccnc3F)ccc1O[C@H]1CCN(C3CCOCC3)C[C@@H]12. The van der Waals surface area contributed by atoms with Crippen LogP contribution in [0.15, 0.2) is 41.5 Å². The summed E-state index contributed by atoms with van der Waals surface area (Å²) >= 11 is 0. The first kappa shape index (κ1) is 19.9. The second-order valence-corrected chi connectivity index (χ2v) is 9.11. The fourth-order valence-corrected chi connectivity index (χ4v) is 5.81. The van der Waals surface area contributed by atoms with Crippen molar-refractivity contribution in [3.05, 3.63) is 48.0 Å². The number of aromatic nitrogens is 1. The summed E-state index contributed by atoms with van der Waals surface area (Å²) in [6, 6.07) is 9.98. The van der Waals surface area contributed by atoms with Gasteiger partial charge in [0.15, 0.2) is 0 Å². The van der Waals surface area contributed by atoms with Crippen LogP contribution in [0.1, 0.15) is 24.8 Å². The predicted molar refractivity (Wildman–Crippen MR) is 117 cm³/mol. The Morgan fingerprint density at radius 2 is 2.03 bits per heavy atom. The molecule has 0 radical (unpaired) electrons. The Morgan fingerprint density at radius 1 is 1.16 bits per heavy atom. The maximum absolute atomic E-state index is 14.4. The number of rotatable bonds is 2. The molecule has 32 heavy (non-hydrogen) atoms. The van der Waals surface area contributed by atoms with E-state index in [1.54, 1.807) is 12.1 Å². The smallest absolute Gasteiger partial charge is 0.283 e. The van der Waals surface area contributed by atoms with Crippen LogP contribution >= 0.6 is 0 Å². The molecule has 4 aliphatic heterocycles. The summed E-state index contributed by atoms with van der Waals surface area (Å²) in [5, 5.41) is 0. The molecule has 6 rings (SSSR count). The largest absolute Gasteiger partial charge is 0.490 e. The molecule has 0 unspecified atom stereocenters. The van der Waals surface area contributed by atoms with Crippen molar-refractivity contribution in [2.45, 2.75) is 36.9 Å². The first-order chi connectivity index (χ1) is 15.6. The highest BCUT2D eigenvalue weighted by molar-refractivity contribution is 5.75. The van der Waals surface area contributed by atoms with Crippen molar-refractivity contribution in [2.24, 2.45) is 16.6 Å². The zero-order chi connectivity index (χ0) is 21.7. The molecule has 0 aliphatic carbocycles. The molecule has 1 spiro atoms. The molecule has 2 N–H and O–H groups in total. The third-order valence-electron chi connectivity index (χ3n) is 7.45. The number of benzene rings is 1. The molecule has 1 aromatic carbocycles. The maximum Gasteiger partial charge on any atom is 0.283 e. The van der Waals surface area contributed by atoms with Crippen molar-refractivity contribution in [2.75, 3.05) is 32.9 Å². The van der Waals surface area contributed by atoms with Crippen molar-refractivity contribution >= 4 is 6.02 Å². The number of aliphatic imine (C=N–C) groups is 1. The normalized spacial score (nSPS) is 30.2. The molecule has 0 saturated carbocycles. The lowest BCUT2D eigenvalue weighted by molar-refractivity contribution is -0.0521. The number of nitrogens with zero attached hydrogens (tertiary/aromatic N) is 3. The van der Waals surface area contributed by atoms with Crippen LogP contribution in [-0.2, 0) is 15.0 Å². The minimum atomic E-state index is -0.638. The summed E-state index contributed by atoms with van der Waals surface area (Å²) in [6.07, 6.45) is 4.52. The highest BCUT2D eigenvalue weighted by Crippen LogP contribution is 2.51. The second kappa shape index (κ2) is 7.71. The zero-order valence-electron chi connectivity index (χ0n) is 17.9. The van der Waals surface area contributed by atoms with Crippen LogP contribution < -0.4 is 10.5 Å². The lowest BCUT2D eigenvalue weighted by Crippen LogP contribution is -2.59. The van der Waals surface area contributed by atoms with Crippen LogP contribution in [0.3, 0.4) is 0 Å². The summed E-state index contributed by atoms with van der Waals surface area (Å²) in [4.78, 5) is 11.2. The van der Waals surface area contributed by atoms with Gasteiger partial charge in [0, 0.05) is 55.6 Å². The molecule has 0 amide bonds. The summed E-state index contributed by atoms with van der Waals surface area (Å²) in [5.41, 5.74) is 7.53. The average Bonchev–Trinajstić information content (AvgIpc) is 3.22. The van der Waals surface area contributed by atoms with E-state index < -0.39 is 11.5 Å². The van der Waals surface area contributed by atoms with Gasteiger partial charge in [0.2, 0.25) is 5.95 Å². The zero-order valence-corrected chi connectivity index (χ0v) is 17.9. The second-order valence-electron chi connectivity index (χ2n) is 9.11. The van der Waals surface area contributed by atoms with Crippen LogP contribution in [0, 0.1) is 11.9 Å². The fourth-order valence-electron chi connectivity index (χ4n) is 5.81. The Hall–Kier alpha value is -2.71. The Morgan fingerprint density at radius 3 is 2.81 bits per heavy atom. The van der Waals surface area contributed by atoms with Gasteiger partial charge in [-0.05, 0) is 49.1 Å². The summed E-state index contributed by atoms with van der Waals surface area (Å²) < 4.78 is 32.2. The average molecular weight is 439 g/mol. The highest BCUT2D eigenvalue weighted by atomic mass is 19.1. The molecule has 3 atom stereocenters. The van der Waals surface area contributed by atoms with E-state index in [1.807, 2.05) is 18.2 Å². The van der Waals surface area contributed by atoms with Gasteiger partial charge >= 0.3 is 0 Å². The molecule has 2 aromatic rings. The number of pyridine rings is 1. The number of ether oxygens (including phenoxy) is 3. The van der Waals surface area contributed by atoms with E-state index >= 15 is 0 Å². The summed E-state index contributed by atoms with van der Waals surface area (Å²) in [7, 11) is 0. The molecular weight excluding hydrogens is 411 g/mol. The molecule has 2 saturated heterocycles. The van der Waals surface area contributed by atoms with Crippen molar-refractivity contribution in [1.29, 1.82) is 0 Å². The first-order valence-corrected chi connectivity index (χ1v) is 11.4. The van der Waals surface area contributed by atoms with Gasteiger partial charge in [-0.3, -0.25) is 4.90 Å². The van der Waals surface area contributed by atoms with E-state index in [1.165, 1.54) is 6.20 Å². The lowest BCUT2D eigenvalue weighted by Gasteiger charge is -2.50. The maximum atomic E-state index is 14.4. The Balaban J connectivity index is 1.41. The van der Waals surface area contributed by atoms with Crippen LogP contribution in [0.4, 0.5) is 4.39 Å². The van der Waals surface area contributed by atoms with Crippen molar-refractivity contribution in [3.63, 3.8) is 0 Å². The van der Waals surface area contributed by atoms with Gasteiger partial charge in [-0.1, -0.05) is 6.07 Å². The first-order valence-electron chi connectivity index (χ1n) is 11.4. The molecule has 8 heteroatoms. The minimum absolute atomic E-state index is 0.0396. The minimum Gasteiger partial charge on any atom is -0.490 e. The van der Waals surface area contributed by atoms with Crippen molar-refractivity contribution in [3.8, 4) is 16.9 Å². The Bertz CT molecular complexity index is 1060. The lowest BCUT2D eigenvalue weighted by atomic mass is 9.70. The van der Waals surface area contributed by atoms with Gasteiger partial charge in [0.25, 0.3) is 6.02 Å². The quantitative estimate of drug-likeness (QED) is 0.726. The van der Waals surface area contributed by atoms with Crippen LogP contribution in [0.2, 0.25) is 0 Å². The van der Waals surface area contributed by atoms with Gasteiger partial charge in [-0.2, -0.15) is 4.39 Å². The van der Waals surface area contributed by atoms with Gasteiger partial charge in [-0.15, -0.1) is 0 Å². The Kier molecular flexibility index (Phi) is 4.80. The number of fused-ring (bicyclic) bond motifs is 4. The number of hydrogen-bond donors (Lipinski definition) is 1. The highest BCUT2D eigenvalue weighted by Gasteiger charge is 2.56. The summed E-state index contributed by atoms with van der Waals surface area (Å²) in [6.45, 7) is 3.86. The fraction of sp³-hybridized carbons (Fsp3) is 0.500. The third kappa shape index (κ3) is 3.16. The molecule has 0 bridgehead atoms. The van der Waals surface area contributed by atoms with Gasteiger partial charge in [0.1, 0.15) is 24.0 Å². The van der Waals surface area contributed by atoms with E-state index in [-0.39, 0.29) is 18.0 Å². The topological polar surface area (TPSA) is 82.2 Å². The van der Waals surface area contributed by atoms with Gasteiger partial charge in [0.05, 0.1) is 0 Å². The number of piperidine rings is 1. The monoisotopic (exact) mass is 438 g/mol. The van der Waals surface area contributed by atoms with Crippen molar-refractivity contribution < 1.29 is 18.6 Å².